The van der Waals surface area contributed by atoms with Crippen molar-refractivity contribution in [3.63, 3.8) is 0 Å². The van der Waals surface area contributed by atoms with Gasteiger partial charge in [-0.05, 0) is 38.3 Å². The van der Waals surface area contributed by atoms with E-state index in [2.05, 4.69) is 20.8 Å². The summed E-state index contributed by atoms with van der Waals surface area (Å²) in [5, 5.41) is 0. The Labute approximate surface area is 119 Å². The average Bonchev–Trinajstić information content (AvgIpc) is 2.69. The minimum atomic E-state index is 0.130. The number of nitrogens with zero attached hydrogens (tertiary/aromatic N) is 1. The summed E-state index contributed by atoms with van der Waals surface area (Å²) in [5.74, 6) is 0.622. The second kappa shape index (κ2) is 7.15. The molecule has 1 heterocycles. The predicted molar refractivity (Wildman–Crippen MR) is 79.9 cm³/mol. The van der Waals surface area contributed by atoms with Crippen molar-refractivity contribution in [2.24, 2.45) is 0 Å². The number of thiophene rings is 1. The molecule has 2 nitrogen and oxygen atoms in total. The van der Waals surface area contributed by atoms with Crippen molar-refractivity contribution in [1.29, 1.82) is 0 Å². The van der Waals surface area contributed by atoms with Gasteiger partial charge in [0.1, 0.15) is 0 Å². The van der Waals surface area contributed by atoms with Gasteiger partial charge in [0, 0.05) is 23.3 Å². The lowest BCUT2D eigenvalue weighted by atomic mass is 10.1. The van der Waals surface area contributed by atoms with Gasteiger partial charge in [0.2, 0.25) is 0 Å². The van der Waals surface area contributed by atoms with Crippen molar-refractivity contribution in [3.8, 4) is 0 Å². The first-order chi connectivity index (χ1) is 8.54. The lowest BCUT2D eigenvalue weighted by Gasteiger charge is -2.29. The highest BCUT2D eigenvalue weighted by Gasteiger charge is 2.23. The predicted octanol–water partition coefficient (Wildman–Crippen LogP) is 4.23. The molecule has 1 aromatic rings. The average molecular weight is 288 g/mol. The molecule has 0 fully saturated rings. The zero-order valence-corrected chi connectivity index (χ0v) is 13.2. The van der Waals surface area contributed by atoms with E-state index in [1.165, 1.54) is 10.4 Å². The van der Waals surface area contributed by atoms with Crippen molar-refractivity contribution < 1.29 is 4.79 Å². The Balaban J connectivity index is 2.94. The van der Waals surface area contributed by atoms with E-state index in [9.17, 15) is 4.79 Å². The number of alkyl halides is 1. The number of amides is 1. The van der Waals surface area contributed by atoms with E-state index in [-0.39, 0.29) is 5.91 Å². The van der Waals surface area contributed by atoms with E-state index in [1.54, 1.807) is 11.3 Å². The van der Waals surface area contributed by atoms with Crippen molar-refractivity contribution in [2.45, 2.75) is 46.6 Å². The fraction of sp³-hybridized carbons (Fsp3) is 0.643. The van der Waals surface area contributed by atoms with Gasteiger partial charge in [0.15, 0.2) is 0 Å². The van der Waals surface area contributed by atoms with Crippen LogP contribution in [0.4, 0.5) is 0 Å². The van der Waals surface area contributed by atoms with Crippen molar-refractivity contribution in [1.82, 2.24) is 4.90 Å². The van der Waals surface area contributed by atoms with Crippen LogP contribution in [0.1, 0.15) is 46.8 Å². The van der Waals surface area contributed by atoms with Crippen molar-refractivity contribution in [2.75, 3.05) is 12.4 Å². The molecule has 0 aliphatic carbocycles. The van der Waals surface area contributed by atoms with Gasteiger partial charge in [0.25, 0.3) is 5.91 Å². The molecule has 0 atom stereocenters. The van der Waals surface area contributed by atoms with Crippen LogP contribution >= 0.6 is 22.9 Å². The van der Waals surface area contributed by atoms with Gasteiger partial charge in [-0.25, -0.2) is 0 Å². The van der Waals surface area contributed by atoms with Crippen molar-refractivity contribution >= 4 is 28.8 Å². The van der Waals surface area contributed by atoms with Crippen LogP contribution in [0.5, 0.6) is 0 Å². The standard InChI is InChI=1S/C14H22ClNOS/c1-5-12(6-2)16(8-7-15)14(17)13-9-10(3)11(4)18-13/h9,12H,5-8H2,1-4H3. The number of hydrogen-bond acceptors (Lipinski definition) is 2. The van der Waals surface area contributed by atoms with Crippen LogP contribution in [0.15, 0.2) is 6.07 Å². The summed E-state index contributed by atoms with van der Waals surface area (Å²) >= 11 is 7.41. The summed E-state index contributed by atoms with van der Waals surface area (Å²) < 4.78 is 0. The summed E-state index contributed by atoms with van der Waals surface area (Å²) in [6, 6.07) is 2.28. The third kappa shape index (κ3) is 3.48. The van der Waals surface area contributed by atoms with E-state index in [1.807, 2.05) is 17.9 Å². The van der Waals surface area contributed by atoms with Crippen LogP contribution < -0.4 is 0 Å². The Morgan fingerprint density at radius 2 is 2.00 bits per heavy atom. The Bertz CT molecular complexity index is 379. The Morgan fingerprint density at radius 1 is 1.39 bits per heavy atom. The lowest BCUT2D eigenvalue weighted by molar-refractivity contribution is 0.0686. The SMILES string of the molecule is CCC(CC)N(CCCl)C(=O)c1cc(C)c(C)s1. The zero-order chi connectivity index (χ0) is 13.7. The van der Waals surface area contributed by atoms with Crippen LogP contribution in [-0.2, 0) is 0 Å². The van der Waals surface area contributed by atoms with Gasteiger partial charge in [-0.1, -0.05) is 13.8 Å². The maximum atomic E-state index is 12.5. The second-order valence-electron chi connectivity index (χ2n) is 4.51. The van der Waals surface area contributed by atoms with Crippen LogP contribution in [0, 0.1) is 13.8 Å². The molecule has 0 saturated heterocycles. The molecule has 0 bridgehead atoms. The quantitative estimate of drug-likeness (QED) is 0.717. The molecule has 0 N–H and O–H groups in total. The highest BCUT2D eigenvalue weighted by Crippen LogP contribution is 2.23. The number of hydrogen-bond donors (Lipinski definition) is 0. The Kier molecular flexibility index (Phi) is 6.16. The van der Waals surface area contributed by atoms with Crippen LogP contribution in [0.25, 0.3) is 0 Å². The van der Waals surface area contributed by atoms with Crippen LogP contribution in [0.3, 0.4) is 0 Å². The van der Waals surface area contributed by atoms with Gasteiger partial charge in [-0.15, -0.1) is 22.9 Å². The number of halogens is 1. The molecule has 1 rings (SSSR count). The molecule has 0 aliphatic heterocycles. The Hall–Kier alpha value is -0.540. The first-order valence-electron chi connectivity index (χ1n) is 6.49. The summed E-state index contributed by atoms with van der Waals surface area (Å²) in [7, 11) is 0. The van der Waals surface area contributed by atoms with Gasteiger partial charge in [-0.2, -0.15) is 0 Å². The number of rotatable bonds is 6. The molecule has 0 unspecified atom stereocenters. The fourth-order valence-corrected chi connectivity index (χ4v) is 3.26. The normalized spacial score (nSPS) is 11.0. The second-order valence-corrected chi connectivity index (χ2v) is 6.14. The molecule has 0 radical (unpaired) electrons. The minimum Gasteiger partial charge on any atom is -0.334 e. The third-order valence-corrected chi connectivity index (χ3v) is 4.66. The summed E-state index contributed by atoms with van der Waals surface area (Å²) in [6.07, 6.45) is 1.95. The van der Waals surface area contributed by atoms with Gasteiger partial charge in [0.05, 0.1) is 4.88 Å². The lowest BCUT2D eigenvalue weighted by Crippen LogP contribution is -2.40. The molecule has 0 spiro atoms. The topological polar surface area (TPSA) is 20.3 Å². The molecule has 18 heavy (non-hydrogen) atoms. The van der Waals surface area contributed by atoms with Gasteiger partial charge >= 0.3 is 0 Å². The zero-order valence-electron chi connectivity index (χ0n) is 11.6. The maximum absolute atomic E-state index is 12.5. The third-order valence-electron chi connectivity index (χ3n) is 3.35. The number of carbonyl (C=O) groups is 1. The van der Waals surface area contributed by atoms with Crippen LogP contribution in [-0.4, -0.2) is 29.3 Å². The monoisotopic (exact) mass is 287 g/mol. The first kappa shape index (κ1) is 15.5. The number of aryl methyl sites for hydroxylation is 2. The molecule has 4 heteroatoms. The smallest absolute Gasteiger partial charge is 0.264 e. The molecule has 1 amide bonds. The number of carbonyl (C=O) groups excluding carboxylic acids is 1. The molecule has 1 aromatic heterocycles. The summed E-state index contributed by atoms with van der Waals surface area (Å²) in [6.45, 7) is 8.97. The molecular formula is C14H22ClNOS. The summed E-state index contributed by atoms with van der Waals surface area (Å²) in [5.41, 5.74) is 1.19. The summed E-state index contributed by atoms with van der Waals surface area (Å²) in [4.78, 5) is 16.5. The highest BCUT2D eigenvalue weighted by molar-refractivity contribution is 7.14. The van der Waals surface area contributed by atoms with Gasteiger partial charge < -0.3 is 4.90 Å². The first-order valence-corrected chi connectivity index (χ1v) is 7.84. The highest BCUT2D eigenvalue weighted by atomic mass is 35.5. The fourth-order valence-electron chi connectivity index (χ4n) is 2.09. The molecule has 0 aromatic carbocycles. The molecule has 102 valence electrons. The van der Waals surface area contributed by atoms with E-state index in [0.29, 0.717) is 18.5 Å². The molecular weight excluding hydrogens is 266 g/mol. The van der Waals surface area contributed by atoms with E-state index >= 15 is 0 Å². The van der Waals surface area contributed by atoms with Gasteiger partial charge in [-0.3, -0.25) is 4.79 Å². The van der Waals surface area contributed by atoms with E-state index < -0.39 is 0 Å². The minimum absolute atomic E-state index is 0.130. The van der Waals surface area contributed by atoms with Crippen molar-refractivity contribution in [3.05, 3.63) is 21.4 Å². The van der Waals surface area contributed by atoms with E-state index in [0.717, 1.165) is 17.7 Å². The largest absolute Gasteiger partial charge is 0.334 e. The van der Waals surface area contributed by atoms with Crippen LogP contribution in [0.2, 0.25) is 0 Å². The maximum Gasteiger partial charge on any atom is 0.264 e. The Morgan fingerprint density at radius 3 is 2.39 bits per heavy atom. The molecule has 0 saturated carbocycles. The van der Waals surface area contributed by atoms with E-state index in [4.69, 9.17) is 11.6 Å². The molecule has 0 aliphatic rings.